The van der Waals surface area contributed by atoms with E-state index in [1.807, 2.05) is 55.4 Å². The molecule has 1 rings (SSSR count). The third-order valence-electron chi connectivity index (χ3n) is 17.3. The molecule has 0 radical (unpaired) electrons. The Bertz CT molecular complexity index is 2590. The maximum atomic E-state index is 15.3. The first kappa shape index (κ1) is 84.7. The number of carbonyl (C=O) groups excluding carboxylic acids is 11. The Morgan fingerprint density at radius 2 is 0.892 bits per heavy atom. The molecule has 532 valence electrons. The third-order valence-corrected chi connectivity index (χ3v) is 18.4. The lowest BCUT2D eigenvalue weighted by Gasteiger charge is -2.41. The number of nitrogens with two attached hydrogens (primary N) is 1. The van der Waals surface area contributed by atoms with Gasteiger partial charge in [-0.1, -0.05) is 109 Å². The quantitative estimate of drug-likeness (QED) is 0.0862. The summed E-state index contributed by atoms with van der Waals surface area (Å²) >= 11 is 0.957. The van der Waals surface area contributed by atoms with Gasteiger partial charge in [0.25, 0.3) is 0 Å². The highest BCUT2D eigenvalue weighted by molar-refractivity contribution is 7.99. The number of aliphatic hydroxyl groups is 1. The molecule has 0 saturated carbocycles. The van der Waals surface area contributed by atoms with Gasteiger partial charge in [-0.05, 0) is 101 Å². The number of carboxylic acid groups (broad SMARTS) is 1. The number of carbonyl (C=O) groups is 12. The lowest BCUT2D eigenvalue weighted by molar-refractivity contribution is -0.157. The lowest BCUT2D eigenvalue weighted by atomic mass is 9.91. The number of hydrogen-bond acceptors (Lipinski definition) is 15. The van der Waals surface area contributed by atoms with Crippen LogP contribution in [0, 0.1) is 41.4 Å². The van der Waals surface area contributed by atoms with Crippen LogP contribution in [0.5, 0.6) is 0 Å². The number of aliphatic carboxylic acids is 1. The van der Waals surface area contributed by atoms with E-state index in [-0.39, 0.29) is 73.7 Å². The molecule has 14 atom stereocenters. The van der Waals surface area contributed by atoms with E-state index < -0.39 is 167 Å². The second-order valence-corrected chi connectivity index (χ2v) is 28.9. The first-order valence-corrected chi connectivity index (χ1v) is 34.0. The van der Waals surface area contributed by atoms with Gasteiger partial charge in [-0.2, -0.15) is 11.8 Å². The Morgan fingerprint density at radius 3 is 1.33 bits per heavy atom. The summed E-state index contributed by atoms with van der Waals surface area (Å²) < 4.78 is 0. The number of amides is 11. The van der Waals surface area contributed by atoms with Crippen LogP contribution in [0.15, 0.2) is 12.2 Å². The van der Waals surface area contributed by atoms with Crippen molar-refractivity contribution in [3.63, 3.8) is 0 Å². The van der Waals surface area contributed by atoms with E-state index in [4.69, 9.17) is 5.73 Å². The van der Waals surface area contributed by atoms with Crippen LogP contribution in [-0.2, 0) is 57.5 Å². The Morgan fingerprint density at radius 1 is 0.495 bits per heavy atom. The van der Waals surface area contributed by atoms with Crippen molar-refractivity contribution >= 4 is 82.7 Å². The Labute approximate surface area is 558 Å². The van der Waals surface area contributed by atoms with Crippen LogP contribution in [0.3, 0.4) is 0 Å². The molecular formula is C66H118N12O14S. The molecule has 1 heterocycles. The molecule has 0 aliphatic carbocycles. The molecule has 0 aromatic rings. The highest BCUT2D eigenvalue weighted by Gasteiger charge is 2.46. The molecule has 1 aliphatic rings. The monoisotopic (exact) mass is 1330 g/mol. The summed E-state index contributed by atoms with van der Waals surface area (Å²) in [5, 5.41) is 32.9. The van der Waals surface area contributed by atoms with Crippen LogP contribution >= 0.6 is 11.8 Å². The van der Waals surface area contributed by atoms with Crippen molar-refractivity contribution in [2.24, 2.45) is 47.2 Å². The first-order chi connectivity index (χ1) is 42.9. The topological polar surface area (TPSA) is 342 Å². The molecule has 1 aliphatic heterocycles. The molecule has 8 N–H and O–H groups in total. The van der Waals surface area contributed by atoms with Crippen LogP contribution in [0.1, 0.15) is 156 Å². The van der Waals surface area contributed by atoms with Gasteiger partial charge in [0.2, 0.25) is 65.0 Å². The molecule has 0 aromatic heterocycles. The predicted octanol–water partition coefficient (Wildman–Crippen LogP) is 2.78. The van der Waals surface area contributed by atoms with E-state index in [0.29, 0.717) is 0 Å². The van der Waals surface area contributed by atoms with E-state index in [2.05, 4.69) is 21.3 Å². The molecule has 0 bridgehead atoms. The molecule has 0 aromatic carbocycles. The lowest BCUT2D eigenvalue weighted by Crippen LogP contribution is -2.64. The van der Waals surface area contributed by atoms with Crippen molar-refractivity contribution in [3.05, 3.63) is 12.2 Å². The minimum Gasteiger partial charge on any atom is -0.480 e. The number of rotatable bonds is 20. The molecule has 26 nitrogen and oxygen atoms in total. The SMILES string of the molecule is C/C=C/C[C@@H](C)[C@@H](O)[C@@H]1C(=O)N[C@H](CC)C(=O)N(C)[C@H](CSC[C@H](N)C(=O)O)C(=O)N(C)[C@@H](CC(C)C)C(=O)N[C@H](C(C)C)C(=O)N(C)[C@H](CC(C)C)C(=O)N[C@H](C)C(=O)N[C@@H](C)C(=O)N(C)[C@H](CC(C)C)C(=O)N(C)[C@H](CC(C)C)C(=O)N(C)[C@H](C(C)C)C(=O)N1C. The van der Waals surface area contributed by atoms with Crippen molar-refractivity contribution in [3.8, 4) is 0 Å². The van der Waals surface area contributed by atoms with Crippen molar-refractivity contribution in [1.82, 2.24) is 55.6 Å². The van der Waals surface area contributed by atoms with Crippen LogP contribution in [0.4, 0.5) is 0 Å². The zero-order valence-corrected chi connectivity index (χ0v) is 61.1. The Kier molecular flexibility index (Phi) is 35.4. The molecule has 11 amide bonds. The van der Waals surface area contributed by atoms with Crippen LogP contribution in [-0.4, -0.2) is 255 Å². The van der Waals surface area contributed by atoms with Crippen molar-refractivity contribution < 1.29 is 67.7 Å². The van der Waals surface area contributed by atoms with Crippen LogP contribution in [0.2, 0.25) is 0 Å². The van der Waals surface area contributed by atoms with E-state index in [1.54, 1.807) is 60.6 Å². The second-order valence-electron chi connectivity index (χ2n) is 27.8. The van der Waals surface area contributed by atoms with E-state index in [0.717, 1.165) is 26.5 Å². The van der Waals surface area contributed by atoms with Gasteiger partial charge in [-0.3, -0.25) is 57.5 Å². The molecule has 1 saturated heterocycles. The molecule has 0 spiro atoms. The summed E-state index contributed by atoms with van der Waals surface area (Å²) in [5.74, 6) is -12.5. The Hall–Kier alpha value is -6.35. The fraction of sp³-hybridized carbons (Fsp3) is 0.788. The third kappa shape index (κ3) is 24.1. The van der Waals surface area contributed by atoms with Gasteiger partial charge in [0, 0.05) is 60.8 Å². The van der Waals surface area contributed by atoms with Crippen molar-refractivity contribution in [1.29, 1.82) is 0 Å². The molecule has 93 heavy (non-hydrogen) atoms. The number of thioether (sulfide) groups is 1. The number of aliphatic hydroxyl groups excluding tert-OH is 1. The molecule has 0 unspecified atom stereocenters. The van der Waals surface area contributed by atoms with Gasteiger partial charge < -0.3 is 71.5 Å². The number of carboxylic acids is 1. The number of nitrogens with one attached hydrogen (secondary N) is 4. The number of allylic oxidation sites excluding steroid dienone is 2. The van der Waals surface area contributed by atoms with Gasteiger partial charge in [0.15, 0.2) is 0 Å². The van der Waals surface area contributed by atoms with E-state index in [1.165, 1.54) is 82.8 Å². The maximum Gasteiger partial charge on any atom is 0.321 e. The highest BCUT2D eigenvalue weighted by atomic mass is 32.2. The Balaban J connectivity index is 4.56. The highest BCUT2D eigenvalue weighted by Crippen LogP contribution is 2.26. The fourth-order valence-corrected chi connectivity index (χ4v) is 12.5. The summed E-state index contributed by atoms with van der Waals surface area (Å²) in [5.41, 5.74) is 5.90. The average Bonchev–Trinajstić information content (AvgIpc) is 0.835. The summed E-state index contributed by atoms with van der Waals surface area (Å²) in [4.78, 5) is 183. The van der Waals surface area contributed by atoms with Gasteiger partial charge in [0.05, 0.1) is 6.10 Å². The normalized spacial score (nSPS) is 26.7. The van der Waals surface area contributed by atoms with Crippen LogP contribution in [0.25, 0.3) is 0 Å². The summed E-state index contributed by atoms with van der Waals surface area (Å²) in [7, 11) is 9.69. The largest absolute Gasteiger partial charge is 0.480 e. The smallest absolute Gasteiger partial charge is 0.321 e. The first-order valence-electron chi connectivity index (χ1n) is 32.9. The number of nitrogens with zero attached hydrogens (tertiary/aromatic N) is 7. The predicted molar refractivity (Wildman–Crippen MR) is 360 cm³/mol. The maximum absolute atomic E-state index is 15.3. The number of hydrogen-bond donors (Lipinski definition) is 7. The van der Waals surface area contributed by atoms with E-state index >= 15 is 28.8 Å². The minimum absolute atomic E-state index is 0.0487. The minimum atomic E-state index is -1.70. The fourth-order valence-electron chi connectivity index (χ4n) is 11.4. The summed E-state index contributed by atoms with van der Waals surface area (Å²) in [6.07, 6.45) is 2.55. The zero-order chi connectivity index (χ0) is 72.1. The second kappa shape index (κ2) is 38.9. The van der Waals surface area contributed by atoms with Gasteiger partial charge >= 0.3 is 5.97 Å². The van der Waals surface area contributed by atoms with Crippen molar-refractivity contribution in [2.75, 3.05) is 60.8 Å². The van der Waals surface area contributed by atoms with Gasteiger partial charge in [-0.25, -0.2) is 0 Å². The standard InChI is InChI=1S/C66H118N12O14S/c1-25-27-28-41(15)54(79)53-58(83)70-45(26-2)60(85)76(22)50(34-93-33-44(67)66(91)92)63(88)72(18)47(30-36(5)6)57(82)71-51(39(11)12)64(89)73(19)46(29-35(3)4)56(81)68-42(16)55(80)69-43(17)59(84)74(20)48(31-37(7)8)61(86)75(21)49(32-38(9)10)62(87)77(23)52(40(13)14)65(90)78(53)24/h25,27,35-54,79H,26,28-34,67H2,1-24H3,(H,68,81)(H,69,80)(H,70,83)(H,71,82)(H,91,92)/b27-25+/t41-,42-,43+,44+,45-,46-,47+,48-,49-,50-,51-,52-,53-,54-/m1/s1. The molecular weight excluding hydrogens is 1220 g/mol. The zero-order valence-electron chi connectivity index (χ0n) is 60.3. The summed E-state index contributed by atoms with van der Waals surface area (Å²) in [6.45, 7) is 29.4. The molecule has 27 heteroatoms. The van der Waals surface area contributed by atoms with Crippen LogP contribution < -0.4 is 27.0 Å². The van der Waals surface area contributed by atoms with Crippen molar-refractivity contribution in [2.45, 2.75) is 235 Å². The van der Waals surface area contributed by atoms with E-state index in [9.17, 15) is 39.0 Å². The molecule has 1 fully saturated rings. The average molecular weight is 1340 g/mol. The number of likely N-dealkylation sites (N-methyl/N-ethyl adjacent to an activating group) is 7. The summed E-state index contributed by atoms with van der Waals surface area (Å²) in [6, 6.07) is -15.9. The van der Waals surface area contributed by atoms with Gasteiger partial charge in [0.1, 0.15) is 72.5 Å². The van der Waals surface area contributed by atoms with Gasteiger partial charge in [-0.15, -0.1) is 0 Å².